The molecule has 0 atom stereocenters. The van der Waals surface area contributed by atoms with Crippen LogP contribution in [-0.4, -0.2) is 29.6 Å². The zero-order valence-electron chi connectivity index (χ0n) is 10.6. The van der Waals surface area contributed by atoms with E-state index in [1.54, 1.807) is 11.3 Å². The maximum Gasteiger partial charge on any atom is 0.326 e. The molecule has 18 heavy (non-hydrogen) atoms. The summed E-state index contributed by atoms with van der Waals surface area (Å²) in [5.41, 5.74) is -0.467. The van der Waals surface area contributed by atoms with Crippen molar-refractivity contribution in [2.75, 3.05) is 18.1 Å². The lowest BCUT2D eigenvalue weighted by molar-refractivity contribution is -0.151. The van der Waals surface area contributed by atoms with Crippen molar-refractivity contribution in [2.24, 2.45) is 0 Å². The summed E-state index contributed by atoms with van der Waals surface area (Å²) >= 11 is 3.63. The number of esters is 1. The summed E-state index contributed by atoms with van der Waals surface area (Å²) < 4.78 is 5.25. The number of carbonyl (C=O) groups excluding carboxylic acids is 1. The van der Waals surface area contributed by atoms with E-state index in [9.17, 15) is 4.79 Å². The van der Waals surface area contributed by atoms with E-state index in [-0.39, 0.29) is 5.97 Å². The van der Waals surface area contributed by atoms with Crippen molar-refractivity contribution < 1.29 is 9.53 Å². The molecule has 1 aliphatic rings. The van der Waals surface area contributed by atoms with Gasteiger partial charge in [-0.1, -0.05) is 6.07 Å². The molecule has 1 aliphatic heterocycles. The molecule has 0 unspecified atom stereocenters. The summed E-state index contributed by atoms with van der Waals surface area (Å²) in [4.78, 5) is 13.5. The summed E-state index contributed by atoms with van der Waals surface area (Å²) in [6, 6.07) is 4.13. The smallest absolute Gasteiger partial charge is 0.326 e. The molecule has 5 heteroatoms. The number of rotatable bonds is 5. The SMILES string of the molecule is CCOC(=O)C1(NCc2cccs2)CCSCC1. The fraction of sp³-hybridized carbons (Fsp3) is 0.615. The monoisotopic (exact) mass is 285 g/mol. The molecular formula is C13H19NO2S2. The number of ether oxygens (including phenoxy) is 1. The third-order valence-corrected chi connectivity index (χ3v) is 5.06. The molecule has 0 saturated carbocycles. The second-order valence-electron chi connectivity index (χ2n) is 4.35. The highest BCUT2D eigenvalue weighted by Gasteiger charge is 2.40. The van der Waals surface area contributed by atoms with Gasteiger partial charge in [-0.3, -0.25) is 10.1 Å². The van der Waals surface area contributed by atoms with Gasteiger partial charge in [0.25, 0.3) is 0 Å². The van der Waals surface area contributed by atoms with Crippen LogP contribution < -0.4 is 5.32 Å². The van der Waals surface area contributed by atoms with Crippen molar-refractivity contribution in [3.05, 3.63) is 22.4 Å². The number of hydrogen-bond donors (Lipinski definition) is 1. The Bertz CT molecular complexity index is 372. The van der Waals surface area contributed by atoms with Crippen LogP contribution in [-0.2, 0) is 16.1 Å². The van der Waals surface area contributed by atoms with Crippen molar-refractivity contribution in [3.63, 3.8) is 0 Å². The maximum atomic E-state index is 12.2. The highest BCUT2D eigenvalue weighted by Crippen LogP contribution is 2.29. The van der Waals surface area contributed by atoms with Crippen molar-refractivity contribution in [1.82, 2.24) is 5.32 Å². The first-order chi connectivity index (χ1) is 8.77. The number of thiophene rings is 1. The molecule has 0 radical (unpaired) electrons. The zero-order chi connectivity index (χ0) is 12.8. The summed E-state index contributed by atoms with van der Waals surface area (Å²) in [5.74, 6) is 1.97. The molecule has 100 valence electrons. The third-order valence-electron chi connectivity index (χ3n) is 3.19. The van der Waals surface area contributed by atoms with Crippen molar-refractivity contribution in [1.29, 1.82) is 0 Å². The van der Waals surface area contributed by atoms with E-state index in [0.29, 0.717) is 6.61 Å². The van der Waals surface area contributed by atoms with Crippen LogP contribution in [0.3, 0.4) is 0 Å². The van der Waals surface area contributed by atoms with Gasteiger partial charge in [-0.2, -0.15) is 11.8 Å². The van der Waals surface area contributed by atoms with E-state index in [1.165, 1.54) is 4.88 Å². The minimum absolute atomic E-state index is 0.0816. The number of carbonyl (C=O) groups is 1. The lowest BCUT2D eigenvalue weighted by atomic mass is 9.92. The van der Waals surface area contributed by atoms with Crippen LogP contribution in [0.4, 0.5) is 0 Å². The third kappa shape index (κ3) is 3.28. The van der Waals surface area contributed by atoms with Gasteiger partial charge < -0.3 is 4.74 Å². The fourth-order valence-corrected chi connectivity index (χ4v) is 3.95. The fourth-order valence-electron chi connectivity index (χ4n) is 2.11. The minimum Gasteiger partial charge on any atom is -0.465 e. The molecule has 1 aromatic heterocycles. The van der Waals surface area contributed by atoms with Crippen molar-refractivity contribution in [3.8, 4) is 0 Å². The van der Waals surface area contributed by atoms with E-state index < -0.39 is 5.54 Å². The van der Waals surface area contributed by atoms with Gasteiger partial charge in [0.1, 0.15) is 5.54 Å². The molecule has 2 heterocycles. The average molecular weight is 285 g/mol. The molecule has 1 aromatic rings. The highest BCUT2D eigenvalue weighted by molar-refractivity contribution is 7.99. The Kier molecular flexibility index (Phi) is 5.09. The first-order valence-electron chi connectivity index (χ1n) is 6.29. The molecule has 0 aromatic carbocycles. The molecule has 1 N–H and O–H groups in total. The van der Waals surface area contributed by atoms with Crippen molar-refractivity contribution >= 4 is 29.1 Å². The Labute approximate surface area is 116 Å². The van der Waals surface area contributed by atoms with Crippen LogP contribution in [0.5, 0.6) is 0 Å². The van der Waals surface area contributed by atoms with Gasteiger partial charge >= 0.3 is 5.97 Å². The van der Waals surface area contributed by atoms with Crippen LogP contribution in [0.25, 0.3) is 0 Å². The Balaban J connectivity index is 2.01. The predicted molar refractivity (Wildman–Crippen MR) is 77.1 cm³/mol. The summed E-state index contributed by atoms with van der Waals surface area (Å²) in [7, 11) is 0. The summed E-state index contributed by atoms with van der Waals surface area (Å²) in [6.07, 6.45) is 1.73. The average Bonchev–Trinajstić information content (AvgIpc) is 2.91. The molecule has 0 aliphatic carbocycles. The second-order valence-corrected chi connectivity index (χ2v) is 6.60. The van der Waals surface area contributed by atoms with Gasteiger partial charge in [0, 0.05) is 11.4 Å². The van der Waals surface area contributed by atoms with Crippen LogP contribution in [0, 0.1) is 0 Å². The van der Waals surface area contributed by atoms with Gasteiger partial charge in [0.2, 0.25) is 0 Å². The molecular weight excluding hydrogens is 266 g/mol. The Morgan fingerprint density at radius 3 is 2.89 bits per heavy atom. The number of thioether (sulfide) groups is 1. The van der Waals surface area contributed by atoms with Gasteiger partial charge in [-0.15, -0.1) is 11.3 Å². The van der Waals surface area contributed by atoms with Gasteiger partial charge in [-0.05, 0) is 42.7 Å². The molecule has 1 fully saturated rings. The van der Waals surface area contributed by atoms with Gasteiger partial charge in [0.15, 0.2) is 0 Å². The van der Waals surface area contributed by atoms with Gasteiger partial charge in [0.05, 0.1) is 6.61 Å². The van der Waals surface area contributed by atoms with Gasteiger partial charge in [-0.25, -0.2) is 0 Å². The number of nitrogens with one attached hydrogen (secondary N) is 1. The quantitative estimate of drug-likeness (QED) is 0.844. The zero-order valence-corrected chi connectivity index (χ0v) is 12.2. The molecule has 1 saturated heterocycles. The highest BCUT2D eigenvalue weighted by atomic mass is 32.2. The topological polar surface area (TPSA) is 38.3 Å². The summed E-state index contributed by atoms with van der Waals surface area (Å²) in [6.45, 7) is 3.07. The predicted octanol–water partition coefficient (Wildman–Crippen LogP) is 2.67. The van der Waals surface area contributed by atoms with E-state index in [2.05, 4.69) is 16.8 Å². The Morgan fingerprint density at radius 1 is 1.50 bits per heavy atom. The summed E-state index contributed by atoms with van der Waals surface area (Å²) in [5, 5.41) is 5.50. The second kappa shape index (κ2) is 6.59. The Hall–Kier alpha value is -0.520. The minimum atomic E-state index is -0.467. The first kappa shape index (κ1) is 13.9. The van der Waals surface area contributed by atoms with Crippen LogP contribution in [0.1, 0.15) is 24.6 Å². The van der Waals surface area contributed by atoms with Crippen molar-refractivity contribution in [2.45, 2.75) is 31.8 Å². The maximum absolute atomic E-state index is 12.2. The number of hydrogen-bond acceptors (Lipinski definition) is 5. The van der Waals surface area contributed by atoms with E-state index in [0.717, 1.165) is 30.9 Å². The molecule has 0 spiro atoms. The van der Waals surface area contributed by atoms with E-state index in [1.807, 2.05) is 24.8 Å². The molecule has 0 bridgehead atoms. The molecule has 0 amide bonds. The Morgan fingerprint density at radius 2 is 2.28 bits per heavy atom. The lowest BCUT2D eigenvalue weighted by Crippen LogP contribution is -2.54. The first-order valence-corrected chi connectivity index (χ1v) is 8.33. The molecule has 2 rings (SSSR count). The van der Waals surface area contributed by atoms with E-state index in [4.69, 9.17) is 4.74 Å². The normalized spacial score (nSPS) is 18.5. The van der Waals surface area contributed by atoms with E-state index >= 15 is 0 Å². The standard InChI is InChI=1S/C13H19NO2S2/c1-2-16-12(15)13(5-8-17-9-6-13)14-10-11-4-3-7-18-11/h3-4,7,14H,2,5-6,8-10H2,1H3. The largest absolute Gasteiger partial charge is 0.465 e. The van der Waals surface area contributed by atoms with Crippen LogP contribution in [0.2, 0.25) is 0 Å². The van der Waals surface area contributed by atoms with Crippen LogP contribution >= 0.6 is 23.1 Å². The lowest BCUT2D eigenvalue weighted by Gasteiger charge is -2.35. The molecule has 3 nitrogen and oxygen atoms in total. The van der Waals surface area contributed by atoms with Crippen LogP contribution in [0.15, 0.2) is 17.5 Å².